The number of rotatable bonds is 10. The summed E-state index contributed by atoms with van der Waals surface area (Å²) in [7, 11) is 0. The molecule has 0 amide bonds. The Labute approximate surface area is 89.2 Å². The maximum absolute atomic E-state index is 8.41. The molecular weight excluding hydrogens is 172 g/mol. The van der Waals surface area contributed by atoms with Crippen molar-refractivity contribution >= 4 is 0 Å². The van der Waals surface area contributed by atoms with E-state index in [1.165, 1.54) is 57.8 Å². The van der Waals surface area contributed by atoms with Crippen LogP contribution in [-0.4, -0.2) is 5.11 Å². The van der Waals surface area contributed by atoms with E-state index in [2.05, 4.69) is 6.92 Å². The smallest absolute Gasteiger partial charge is 0.0751 e. The SMILES string of the molecule is CCCCCCCCCCC/C=C/O. The van der Waals surface area contributed by atoms with Gasteiger partial charge in [-0.1, -0.05) is 64.4 Å². The molecule has 0 aromatic heterocycles. The van der Waals surface area contributed by atoms with Crippen molar-refractivity contribution < 1.29 is 5.11 Å². The molecule has 0 heterocycles. The van der Waals surface area contributed by atoms with Gasteiger partial charge in [0, 0.05) is 0 Å². The average Bonchev–Trinajstić information content (AvgIpc) is 2.21. The molecule has 0 rings (SSSR count). The maximum atomic E-state index is 8.41. The van der Waals surface area contributed by atoms with Gasteiger partial charge in [-0.2, -0.15) is 0 Å². The lowest BCUT2D eigenvalue weighted by molar-refractivity contribution is 0.469. The normalized spacial score (nSPS) is 11.2. The highest BCUT2D eigenvalue weighted by atomic mass is 16.2. The van der Waals surface area contributed by atoms with Crippen molar-refractivity contribution in [2.45, 2.75) is 71.1 Å². The van der Waals surface area contributed by atoms with E-state index in [1.807, 2.05) is 6.08 Å². The Balaban J connectivity index is 2.85. The van der Waals surface area contributed by atoms with E-state index < -0.39 is 0 Å². The van der Waals surface area contributed by atoms with Crippen LogP contribution in [0.5, 0.6) is 0 Å². The van der Waals surface area contributed by atoms with Crippen LogP contribution in [0.15, 0.2) is 12.3 Å². The summed E-state index contributed by atoms with van der Waals surface area (Å²) >= 11 is 0. The summed E-state index contributed by atoms with van der Waals surface area (Å²) in [6.07, 6.45) is 16.3. The number of aliphatic hydroxyl groups excluding tert-OH is 1. The van der Waals surface area contributed by atoms with Crippen LogP contribution in [0.4, 0.5) is 0 Å². The predicted molar refractivity (Wildman–Crippen MR) is 63.6 cm³/mol. The highest BCUT2D eigenvalue weighted by molar-refractivity contribution is 4.70. The van der Waals surface area contributed by atoms with Crippen LogP contribution in [0.25, 0.3) is 0 Å². The molecule has 0 aromatic carbocycles. The summed E-state index contributed by atoms with van der Waals surface area (Å²) < 4.78 is 0. The summed E-state index contributed by atoms with van der Waals surface area (Å²) in [5.41, 5.74) is 0. The number of hydrogen-bond donors (Lipinski definition) is 1. The second-order valence-corrected chi connectivity index (χ2v) is 4.00. The van der Waals surface area contributed by atoms with Gasteiger partial charge in [0.15, 0.2) is 0 Å². The van der Waals surface area contributed by atoms with Crippen molar-refractivity contribution in [1.82, 2.24) is 0 Å². The van der Waals surface area contributed by atoms with Crippen molar-refractivity contribution in [3.05, 3.63) is 12.3 Å². The van der Waals surface area contributed by atoms with Gasteiger partial charge in [0.1, 0.15) is 0 Å². The Morgan fingerprint density at radius 3 is 1.79 bits per heavy atom. The van der Waals surface area contributed by atoms with Crippen LogP contribution < -0.4 is 0 Å². The molecule has 0 aliphatic carbocycles. The topological polar surface area (TPSA) is 20.2 Å². The molecular formula is C13H26O. The Morgan fingerprint density at radius 1 is 0.786 bits per heavy atom. The standard InChI is InChI=1S/C13H26O/c1-2-3-4-5-6-7-8-9-10-11-12-13-14/h12-14H,2-11H2,1H3/b13-12+. The van der Waals surface area contributed by atoms with Crippen LogP contribution >= 0.6 is 0 Å². The lowest BCUT2D eigenvalue weighted by atomic mass is 10.1. The third-order valence-electron chi connectivity index (χ3n) is 2.58. The Kier molecular flexibility index (Phi) is 12.1. The van der Waals surface area contributed by atoms with Gasteiger partial charge in [-0.05, 0) is 12.8 Å². The fourth-order valence-electron chi connectivity index (χ4n) is 1.65. The quantitative estimate of drug-likeness (QED) is 0.388. The van der Waals surface area contributed by atoms with E-state index in [4.69, 9.17) is 5.11 Å². The minimum absolute atomic E-state index is 1.03. The van der Waals surface area contributed by atoms with Crippen LogP contribution in [0.2, 0.25) is 0 Å². The zero-order chi connectivity index (χ0) is 10.5. The first-order chi connectivity index (χ1) is 6.91. The molecule has 0 spiro atoms. The zero-order valence-electron chi connectivity index (χ0n) is 9.67. The average molecular weight is 198 g/mol. The number of aliphatic hydroxyl groups is 1. The molecule has 14 heavy (non-hydrogen) atoms. The second kappa shape index (κ2) is 12.5. The molecule has 1 N–H and O–H groups in total. The summed E-state index contributed by atoms with van der Waals surface area (Å²) in [5.74, 6) is 0. The van der Waals surface area contributed by atoms with E-state index in [-0.39, 0.29) is 0 Å². The molecule has 0 atom stereocenters. The van der Waals surface area contributed by atoms with Gasteiger partial charge >= 0.3 is 0 Å². The molecule has 0 aromatic rings. The van der Waals surface area contributed by atoms with E-state index >= 15 is 0 Å². The molecule has 1 heteroatoms. The van der Waals surface area contributed by atoms with Gasteiger partial charge in [-0.3, -0.25) is 0 Å². The van der Waals surface area contributed by atoms with Gasteiger partial charge in [-0.25, -0.2) is 0 Å². The van der Waals surface area contributed by atoms with E-state index in [0.717, 1.165) is 12.7 Å². The second-order valence-electron chi connectivity index (χ2n) is 4.00. The molecule has 0 saturated heterocycles. The Morgan fingerprint density at radius 2 is 1.29 bits per heavy atom. The molecule has 0 unspecified atom stereocenters. The Hall–Kier alpha value is -0.460. The number of unbranched alkanes of at least 4 members (excludes halogenated alkanes) is 9. The largest absolute Gasteiger partial charge is 0.516 e. The van der Waals surface area contributed by atoms with Crippen LogP contribution in [0.1, 0.15) is 71.1 Å². The zero-order valence-corrected chi connectivity index (χ0v) is 9.67. The minimum atomic E-state index is 1.03. The fourth-order valence-corrected chi connectivity index (χ4v) is 1.65. The molecule has 0 aliphatic heterocycles. The Bertz CT molecular complexity index is 118. The maximum Gasteiger partial charge on any atom is 0.0751 e. The molecule has 1 nitrogen and oxygen atoms in total. The van der Waals surface area contributed by atoms with E-state index in [9.17, 15) is 0 Å². The van der Waals surface area contributed by atoms with Gasteiger partial charge in [0.2, 0.25) is 0 Å². The van der Waals surface area contributed by atoms with Gasteiger partial charge in [-0.15, -0.1) is 0 Å². The summed E-state index contributed by atoms with van der Waals surface area (Å²) in [6, 6.07) is 0. The molecule has 0 fully saturated rings. The first-order valence-corrected chi connectivity index (χ1v) is 6.21. The van der Waals surface area contributed by atoms with E-state index in [0.29, 0.717) is 0 Å². The number of hydrogen-bond acceptors (Lipinski definition) is 1. The minimum Gasteiger partial charge on any atom is -0.516 e. The summed E-state index contributed by atoms with van der Waals surface area (Å²) in [6.45, 7) is 2.26. The van der Waals surface area contributed by atoms with Crippen molar-refractivity contribution in [3.63, 3.8) is 0 Å². The van der Waals surface area contributed by atoms with Crippen LogP contribution in [0, 0.1) is 0 Å². The first kappa shape index (κ1) is 13.5. The van der Waals surface area contributed by atoms with Gasteiger partial charge in [0.25, 0.3) is 0 Å². The molecule has 0 saturated carbocycles. The molecule has 0 aliphatic rings. The third-order valence-corrected chi connectivity index (χ3v) is 2.58. The highest BCUT2D eigenvalue weighted by Crippen LogP contribution is 2.10. The summed E-state index contributed by atoms with van der Waals surface area (Å²) in [4.78, 5) is 0. The van der Waals surface area contributed by atoms with Crippen molar-refractivity contribution in [3.8, 4) is 0 Å². The lowest BCUT2D eigenvalue weighted by Gasteiger charge is -2.00. The van der Waals surface area contributed by atoms with Gasteiger partial charge in [0.05, 0.1) is 6.26 Å². The molecule has 0 bridgehead atoms. The molecule has 84 valence electrons. The van der Waals surface area contributed by atoms with Crippen molar-refractivity contribution in [2.75, 3.05) is 0 Å². The van der Waals surface area contributed by atoms with Gasteiger partial charge < -0.3 is 5.11 Å². The van der Waals surface area contributed by atoms with E-state index in [1.54, 1.807) is 0 Å². The predicted octanol–water partition coefficient (Wildman–Crippen LogP) is 4.98. The van der Waals surface area contributed by atoms with Crippen molar-refractivity contribution in [2.24, 2.45) is 0 Å². The summed E-state index contributed by atoms with van der Waals surface area (Å²) in [5, 5.41) is 8.41. The fraction of sp³-hybridized carbons (Fsp3) is 0.846. The highest BCUT2D eigenvalue weighted by Gasteiger charge is 1.90. The number of allylic oxidation sites excluding steroid dienone is 1. The van der Waals surface area contributed by atoms with Crippen molar-refractivity contribution in [1.29, 1.82) is 0 Å². The lowest BCUT2D eigenvalue weighted by Crippen LogP contribution is -1.80. The third kappa shape index (κ3) is 11.5. The van der Waals surface area contributed by atoms with Crippen LogP contribution in [-0.2, 0) is 0 Å². The monoisotopic (exact) mass is 198 g/mol. The van der Waals surface area contributed by atoms with Crippen LogP contribution in [0.3, 0.4) is 0 Å². The molecule has 0 radical (unpaired) electrons. The first-order valence-electron chi connectivity index (χ1n) is 6.21.